The molecule has 0 saturated carbocycles. The molecule has 1 heterocycles. The first-order valence-corrected chi connectivity index (χ1v) is 8.03. The quantitative estimate of drug-likeness (QED) is 0.792. The Balaban J connectivity index is 2.20. The lowest BCUT2D eigenvalue weighted by Gasteiger charge is -2.17. The molecule has 0 aliphatic heterocycles. The summed E-state index contributed by atoms with van der Waals surface area (Å²) < 4.78 is 0. The minimum absolute atomic E-state index is 0.414. The predicted octanol–water partition coefficient (Wildman–Crippen LogP) is 4.99. The van der Waals surface area contributed by atoms with E-state index in [-0.39, 0.29) is 0 Å². The van der Waals surface area contributed by atoms with E-state index in [1.165, 1.54) is 4.88 Å². The number of hydrogen-bond acceptors (Lipinski definition) is 2. The Morgan fingerprint density at radius 3 is 2.47 bits per heavy atom. The Morgan fingerprint density at radius 2 is 1.89 bits per heavy atom. The zero-order valence-electron chi connectivity index (χ0n) is 10.8. The van der Waals surface area contributed by atoms with Gasteiger partial charge in [0.25, 0.3) is 0 Å². The second-order valence-electron chi connectivity index (χ2n) is 4.42. The summed E-state index contributed by atoms with van der Waals surface area (Å²) in [5.74, 6) is 0.414. The molecule has 1 unspecified atom stereocenters. The van der Waals surface area contributed by atoms with E-state index in [0.29, 0.717) is 5.92 Å². The molecule has 0 radical (unpaired) electrons. The van der Waals surface area contributed by atoms with Crippen molar-refractivity contribution in [2.75, 3.05) is 13.1 Å². The van der Waals surface area contributed by atoms with Crippen molar-refractivity contribution in [1.82, 2.24) is 5.32 Å². The normalized spacial score (nSPS) is 12.6. The van der Waals surface area contributed by atoms with E-state index >= 15 is 0 Å². The van der Waals surface area contributed by atoms with E-state index in [1.807, 2.05) is 18.2 Å². The monoisotopic (exact) mass is 313 g/mol. The average Bonchev–Trinajstić information content (AvgIpc) is 2.91. The van der Waals surface area contributed by atoms with Crippen molar-refractivity contribution < 1.29 is 0 Å². The smallest absolute Gasteiger partial charge is 0.0453 e. The van der Waals surface area contributed by atoms with Crippen molar-refractivity contribution in [1.29, 1.82) is 0 Å². The number of nitrogens with one attached hydrogen (secondary N) is 1. The van der Waals surface area contributed by atoms with Crippen LogP contribution in [0.25, 0.3) is 0 Å². The zero-order valence-corrected chi connectivity index (χ0v) is 13.2. The molecular weight excluding hydrogens is 297 g/mol. The van der Waals surface area contributed by atoms with Crippen molar-refractivity contribution in [3.63, 3.8) is 0 Å². The third-order valence-electron chi connectivity index (χ3n) is 3.10. The lowest BCUT2D eigenvalue weighted by Crippen LogP contribution is -2.22. The minimum Gasteiger partial charge on any atom is -0.316 e. The summed E-state index contributed by atoms with van der Waals surface area (Å²) in [6.45, 7) is 4.03. The van der Waals surface area contributed by atoms with Crippen molar-refractivity contribution in [2.45, 2.75) is 19.3 Å². The van der Waals surface area contributed by atoms with E-state index in [0.717, 1.165) is 35.1 Å². The van der Waals surface area contributed by atoms with Crippen LogP contribution in [-0.4, -0.2) is 13.1 Å². The molecule has 0 bridgehead atoms. The third kappa shape index (κ3) is 3.96. The first kappa shape index (κ1) is 14.9. The summed E-state index contributed by atoms with van der Waals surface area (Å²) in [6, 6.07) is 9.96. The van der Waals surface area contributed by atoms with Gasteiger partial charge in [-0.05, 0) is 42.1 Å². The summed E-state index contributed by atoms with van der Waals surface area (Å²) in [6.07, 6.45) is 0.867. The van der Waals surface area contributed by atoms with Gasteiger partial charge in [-0.1, -0.05) is 42.3 Å². The predicted molar refractivity (Wildman–Crippen MR) is 85.8 cm³/mol. The standard InChI is InChI=1S/C15H17Cl2NS/c1-2-18-10-11(15-7-4-8-19-15)9-12-13(16)5-3-6-14(12)17/h3-8,11,18H,2,9-10H2,1H3. The summed E-state index contributed by atoms with van der Waals surface area (Å²) in [4.78, 5) is 1.37. The van der Waals surface area contributed by atoms with Gasteiger partial charge in [0.2, 0.25) is 0 Å². The summed E-state index contributed by atoms with van der Waals surface area (Å²) in [7, 11) is 0. The van der Waals surface area contributed by atoms with Gasteiger partial charge in [0.15, 0.2) is 0 Å². The van der Waals surface area contributed by atoms with E-state index in [1.54, 1.807) is 11.3 Å². The molecule has 2 aromatic rings. The van der Waals surface area contributed by atoms with Crippen molar-refractivity contribution in [3.05, 3.63) is 56.2 Å². The van der Waals surface area contributed by atoms with Crippen molar-refractivity contribution in [3.8, 4) is 0 Å². The summed E-state index contributed by atoms with van der Waals surface area (Å²) in [5, 5.41) is 7.04. The highest BCUT2D eigenvalue weighted by Gasteiger charge is 2.16. The summed E-state index contributed by atoms with van der Waals surface area (Å²) in [5.41, 5.74) is 1.04. The van der Waals surface area contributed by atoms with Crippen LogP contribution >= 0.6 is 34.5 Å². The number of rotatable bonds is 6. The summed E-state index contributed by atoms with van der Waals surface area (Å²) >= 11 is 14.3. The first-order chi connectivity index (χ1) is 9.22. The van der Waals surface area contributed by atoms with Gasteiger partial charge in [0.05, 0.1) is 0 Å². The minimum atomic E-state index is 0.414. The Kier molecular flexibility index (Phi) is 5.71. The molecule has 1 aromatic carbocycles. The largest absolute Gasteiger partial charge is 0.316 e. The Morgan fingerprint density at radius 1 is 1.16 bits per heavy atom. The Hall–Kier alpha value is -0.540. The molecule has 0 saturated heterocycles. The van der Waals surface area contributed by atoms with Crippen LogP contribution in [0.5, 0.6) is 0 Å². The van der Waals surface area contributed by atoms with E-state index < -0.39 is 0 Å². The fraction of sp³-hybridized carbons (Fsp3) is 0.333. The second kappa shape index (κ2) is 7.30. The van der Waals surface area contributed by atoms with Gasteiger partial charge >= 0.3 is 0 Å². The topological polar surface area (TPSA) is 12.0 Å². The Labute approximate surface area is 128 Å². The molecule has 19 heavy (non-hydrogen) atoms. The highest BCUT2D eigenvalue weighted by atomic mass is 35.5. The molecule has 4 heteroatoms. The maximum atomic E-state index is 6.27. The number of likely N-dealkylation sites (N-methyl/N-ethyl adjacent to an activating group) is 1. The molecule has 2 rings (SSSR count). The van der Waals surface area contributed by atoms with E-state index in [9.17, 15) is 0 Å². The first-order valence-electron chi connectivity index (χ1n) is 6.39. The molecule has 0 spiro atoms. The van der Waals surface area contributed by atoms with Crippen molar-refractivity contribution >= 4 is 34.5 Å². The molecule has 0 aliphatic carbocycles. The fourth-order valence-electron chi connectivity index (χ4n) is 2.09. The lowest BCUT2D eigenvalue weighted by atomic mass is 9.97. The number of halogens is 2. The molecule has 1 nitrogen and oxygen atoms in total. The molecule has 1 aromatic heterocycles. The van der Waals surface area contributed by atoms with Gasteiger partial charge in [-0.3, -0.25) is 0 Å². The highest BCUT2D eigenvalue weighted by Crippen LogP contribution is 2.31. The number of benzene rings is 1. The zero-order chi connectivity index (χ0) is 13.7. The van der Waals surface area contributed by atoms with Gasteiger partial charge in [-0.15, -0.1) is 11.3 Å². The maximum absolute atomic E-state index is 6.27. The van der Waals surface area contributed by atoms with E-state index in [2.05, 4.69) is 29.8 Å². The van der Waals surface area contributed by atoms with Crippen molar-refractivity contribution in [2.24, 2.45) is 0 Å². The molecule has 1 atom stereocenters. The highest BCUT2D eigenvalue weighted by molar-refractivity contribution is 7.10. The van der Waals surface area contributed by atoms with Crippen LogP contribution in [0.4, 0.5) is 0 Å². The molecule has 102 valence electrons. The van der Waals surface area contributed by atoms with Gasteiger partial charge in [0, 0.05) is 27.4 Å². The lowest BCUT2D eigenvalue weighted by molar-refractivity contribution is 0.602. The van der Waals surface area contributed by atoms with E-state index in [4.69, 9.17) is 23.2 Å². The molecular formula is C15H17Cl2NS. The average molecular weight is 314 g/mol. The van der Waals surface area contributed by atoms with Crippen LogP contribution in [0.15, 0.2) is 35.7 Å². The van der Waals surface area contributed by atoms with Crippen LogP contribution in [0, 0.1) is 0 Å². The van der Waals surface area contributed by atoms with Crippen LogP contribution in [0.3, 0.4) is 0 Å². The SMILES string of the molecule is CCNCC(Cc1c(Cl)cccc1Cl)c1cccs1. The molecule has 0 aliphatic rings. The third-order valence-corrected chi connectivity index (χ3v) is 4.84. The Bertz CT molecular complexity index is 491. The van der Waals surface area contributed by atoms with Crippen LogP contribution < -0.4 is 5.32 Å². The van der Waals surface area contributed by atoms with Gasteiger partial charge in [-0.2, -0.15) is 0 Å². The van der Waals surface area contributed by atoms with Gasteiger partial charge < -0.3 is 5.32 Å². The second-order valence-corrected chi connectivity index (χ2v) is 6.22. The fourth-order valence-corrected chi connectivity index (χ4v) is 3.47. The van der Waals surface area contributed by atoms with Crippen LogP contribution in [0.2, 0.25) is 10.0 Å². The van der Waals surface area contributed by atoms with Crippen LogP contribution in [0.1, 0.15) is 23.3 Å². The van der Waals surface area contributed by atoms with Crippen LogP contribution in [-0.2, 0) is 6.42 Å². The molecule has 1 N–H and O–H groups in total. The van der Waals surface area contributed by atoms with Gasteiger partial charge in [-0.25, -0.2) is 0 Å². The number of hydrogen-bond donors (Lipinski definition) is 1. The van der Waals surface area contributed by atoms with Gasteiger partial charge in [0.1, 0.15) is 0 Å². The number of thiophene rings is 1. The molecule has 0 amide bonds. The molecule has 0 fully saturated rings. The maximum Gasteiger partial charge on any atom is 0.0453 e.